The first-order chi connectivity index (χ1) is 35.8. The van der Waals surface area contributed by atoms with Crippen LogP contribution >= 0.6 is 0 Å². The lowest BCUT2D eigenvalue weighted by Gasteiger charge is -2.40. The van der Waals surface area contributed by atoms with Crippen molar-refractivity contribution in [2.45, 2.75) is 339 Å². The summed E-state index contributed by atoms with van der Waals surface area (Å²) in [6.07, 6.45) is 64.9. The Morgan fingerprint density at radius 2 is 0.781 bits per heavy atom. The van der Waals surface area contributed by atoms with Crippen molar-refractivity contribution in [1.29, 1.82) is 0 Å². The molecule has 1 amide bonds. The fraction of sp³-hybridized carbons (Fsp3) is 0.859. The minimum atomic E-state index is -1.57. The molecule has 1 saturated heterocycles. The number of aliphatic hydroxyl groups excluding tert-OH is 5. The number of hydrogen-bond donors (Lipinski definition) is 6. The molecule has 0 aromatic carbocycles. The second kappa shape index (κ2) is 53.5. The van der Waals surface area contributed by atoms with Gasteiger partial charge in [0.15, 0.2) is 6.29 Å². The SMILES string of the molecule is CCCCCCCCC/C=C/CC/C=C/CC/C=C/C(O)C(COC1OC(CO)C(O)C(O)C1O)NC(=O)CCCCCCCCCCCCCCCCCCC/C=C\CCCCCCCCCCCCCC. The highest BCUT2D eigenvalue weighted by atomic mass is 16.7. The summed E-state index contributed by atoms with van der Waals surface area (Å²) in [6, 6.07) is -0.828. The van der Waals surface area contributed by atoms with E-state index in [2.05, 4.69) is 55.6 Å². The maximum atomic E-state index is 13.1. The lowest BCUT2D eigenvalue weighted by atomic mass is 9.99. The Balaban J connectivity index is 2.14. The van der Waals surface area contributed by atoms with E-state index >= 15 is 0 Å². The molecule has 0 aromatic heterocycles. The first kappa shape index (κ1) is 69.2. The predicted molar refractivity (Wildman–Crippen MR) is 309 cm³/mol. The number of unbranched alkanes of at least 4 members (excludes halogenated alkanes) is 38. The van der Waals surface area contributed by atoms with Gasteiger partial charge in [-0.25, -0.2) is 0 Å². The molecule has 1 rings (SSSR count). The van der Waals surface area contributed by atoms with E-state index in [-0.39, 0.29) is 12.5 Å². The summed E-state index contributed by atoms with van der Waals surface area (Å²) in [5.74, 6) is -0.187. The number of ether oxygens (including phenoxy) is 2. The summed E-state index contributed by atoms with van der Waals surface area (Å²) in [5, 5.41) is 54.5. The molecule has 0 aromatic rings. The van der Waals surface area contributed by atoms with Crippen molar-refractivity contribution in [3.8, 4) is 0 Å². The van der Waals surface area contributed by atoms with Crippen LogP contribution < -0.4 is 5.32 Å². The lowest BCUT2D eigenvalue weighted by molar-refractivity contribution is -0.302. The van der Waals surface area contributed by atoms with Crippen LogP contribution in [-0.2, 0) is 14.3 Å². The Kier molecular flexibility index (Phi) is 50.7. The van der Waals surface area contributed by atoms with E-state index < -0.39 is 49.5 Å². The average molecular weight is 1030 g/mol. The molecule has 9 heteroatoms. The minimum Gasteiger partial charge on any atom is -0.394 e. The molecule has 0 aliphatic carbocycles. The number of aliphatic hydroxyl groups is 5. The molecule has 0 spiro atoms. The van der Waals surface area contributed by atoms with Crippen molar-refractivity contribution < 1.29 is 39.8 Å². The molecule has 7 atom stereocenters. The summed E-state index contributed by atoms with van der Waals surface area (Å²) < 4.78 is 11.3. The summed E-state index contributed by atoms with van der Waals surface area (Å²) >= 11 is 0. The van der Waals surface area contributed by atoms with Crippen LogP contribution in [0.2, 0.25) is 0 Å². The van der Waals surface area contributed by atoms with E-state index in [1.54, 1.807) is 6.08 Å². The zero-order valence-electron chi connectivity index (χ0n) is 47.6. The minimum absolute atomic E-state index is 0.187. The van der Waals surface area contributed by atoms with Crippen LogP contribution in [0.25, 0.3) is 0 Å². The van der Waals surface area contributed by atoms with E-state index in [0.717, 1.165) is 44.9 Å². The number of carbonyl (C=O) groups excluding carboxylic acids is 1. The van der Waals surface area contributed by atoms with Crippen LogP contribution in [0.5, 0.6) is 0 Å². The van der Waals surface area contributed by atoms with Crippen LogP contribution in [0, 0.1) is 0 Å². The molecular weight excluding hydrogens is 911 g/mol. The van der Waals surface area contributed by atoms with Gasteiger partial charge in [-0.05, 0) is 70.6 Å². The van der Waals surface area contributed by atoms with E-state index in [9.17, 15) is 30.3 Å². The lowest BCUT2D eigenvalue weighted by Crippen LogP contribution is -2.60. The molecular formula is C64H119NO8. The van der Waals surface area contributed by atoms with E-state index in [0.29, 0.717) is 6.42 Å². The Bertz CT molecular complexity index is 1290. The third-order valence-corrected chi connectivity index (χ3v) is 14.9. The Hall–Kier alpha value is -1.85. The number of nitrogens with one attached hydrogen (secondary N) is 1. The van der Waals surface area contributed by atoms with Gasteiger partial charge >= 0.3 is 0 Å². The molecule has 0 radical (unpaired) electrons. The third kappa shape index (κ3) is 42.9. The second-order valence-corrected chi connectivity index (χ2v) is 21.8. The molecule has 7 unspecified atom stereocenters. The van der Waals surface area contributed by atoms with E-state index in [1.165, 1.54) is 231 Å². The summed E-state index contributed by atoms with van der Waals surface area (Å²) in [6.45, 7) is 3.78. The van der Waals surface area contributed by atoms with E-state index in [4.69, 9.17) is 9.47 Å². The highest BCUT2D eigenvalue weighted by Crippen LogP contribution is 2.23. The number of rotatable bonds is 54. The predicted octanol–water partition coefficient (Wildman–Crippen LogP) is 16.1. The van der Waals surface area contributed by atoms with Crippen LogP contribution in [0.1, 0.15) is 296 Å². The summed E-state index contributed by atoms with van der Waals surface area (Å²) in [5.41, 5.74) is 0. The van der Waals surface area contributed by atoms with Crippen LogP contribution in [0.4, 0.5) is 0 Å². The van der Waals surface area contributed by atoms with Crippen LogP contribution in [-0.4, -0.2) is 87.5 Å². The Morgan fingerprint density at radius 3 is 1.15 bits per heavy atom. The number of hydrogen-bond acceptors (Lipinski definition) is 8. The number of allylic oxidation sites excluding steroid dienone is 7. The van der Waals surface area contributed by atoms with Crippen molar-refractivity contribution in [2.75, 3.05) is 13.2 Å². The van der Waals surface area contributed by atoms with Crippen molar-refractivity contribution in [1.82, 2.24) is 5.32 Å². The maximum Gasteiger partial charge on any atom is 0.220 e. The van der Waals surface area contributed by atoms with Gasteiger partial charge in [0.05, 0.1) is 25.4 Å². The second-order valence-electron chi connectivity index (χ2n) is 21.8. The zero-order chi connectivity index (χ0) is 52.9. The van der Waals surface area contributed by atoms with Crippen molar-refractivity contribution in [2.24, 2.45) is 0 Å². The molecule has 1 aliphatic heterocycles. The first-order valence-corrected chi connectivity index (χ1v) is 31.4. The van der Waals surface area contributed by atoms with Gasteiger partial charge in [-0.15, -0.1) is 0 Å². The Labute approximate surface area is 450 Å². The average Bonchev–Trinajstić information content (AvgIpc) is 3.39. The van der Waals surface area contributed by atoms with Crippen LogP contribution in [0.15, 0.2) is 48.6 Å². The van der Waals surface area contributed by atoms with Gasteiger partial charge < -0.3 is 40.3 Å². The van der Waals surface area contributed by atoms with Gasteiger partial charge in [0, 0.05) is 6.42 Å². The topological polar surface area (TPSA) is 149 Å². The third-order valence-electron chi connectivity index (χ3n) is 14.9. The molecule has 428 valence electrons. The van der Waals surface area contributed by atoms with Gasteiger partial charge in [-0.1, -0.05) is 268 Å². The van der Waals surface area contributed by atoms with Gasteiger partial charge in [0.2, 0.25) is 5.91 Å². The fourth-order valence-corrected chi connectivity index (χ4v) is 9.89. The Morgan fingerprint density at radius 1 is 0.452 bits per heavy atom. The van der Waals surface area contributed by atoms with Crippen molar-refractivity contribution in [3.63, 3.8) is 0 Å². The first-order valence-electron chi connectivity index (χ1n) is 31.4. The monoisotopic (exact) mass is 1030 g/mol. The van der Waals surface area contributed by atoms with Gasteiger partial charge in [0.25, 0.3) is 0 Å². The molecule has 6 N–H and O–H groups in total. The molecule has 73 heavy (non-hydrogen) atoms. The van der Waals surface area contributed by atoms with E-state index in [1.807, 2.05) is 6.08 Å². The molecule has 1 heterocycles. The molecule has 1 aliphatic rings. The summed E-state index contributed by atoms with van der Waals surface area (Å²) in [7, 11) is 0. The molecule has 0 saturated carbocycles. The fourth-order valence-electron chi connectivity index (χ4n) is 9.89. The van der Waals surface area contributed by atoms with Gasteiger partial charge in [-0.3, -0.25) is 4.79 Å². The molecule has 1 fully saturated rings. The highest BCUT2D eigenvalue weighted by molar-refractivity contribution is 5.76. The quantitative estimate of drug-likeness (QED) is 0.0261. The smallest absolute Gasteiger partial charge is 0.220 e. The highest BCUT2D eigenvalue weighted by Gasteiger charge is 2.44. The standard InChI is InChI=1S/C64H119NO8/c1-3-5-7-9-11-13-15-17-19-21-22-23-24-25-26-27-28-29-30-31-32-33-34-35-36-38-40-42-44-46-48-50-52-54-60(68)65-57(56-72-64-63(71)62(70)61(69)59(55-66)73-64)58(67)53-51-49-47-45-43-41-39-37-20-18-16-14-12-10-8-6-4-2/h20,25-26,37,43,45,51,53,57-59,61-64,66-67,69-71H,3-19,21-24,27-36,38-42,44,46-50,52,54-56H2,1-2H3,(H,65,68)/b26-25-,37-20+,45-43+,53-51+. The van der Waals surface area contributed by atoms with Crippen LogP contribution in [0.3, 0.4) is 0 Å². The van der Waals surface area contributed by atoms with Crippen molar-refractivity contribution in [3.05, 3.63) is 48.6 Å². The van der Waals surface area contributed by atoms with Gasteiger partial charge in [0.1, 0.15) is 24.4 Å². The van der Waals surface area contributed by atoms with Gasteiger partial charge in [-0.2, -0.15) is 0 Å². The largest absolute Gasteiger partial charge is 0.394 e. The number of carbonyl (C=O) groups is 1. The molecule has 0 bridgehead atoms. The summed E-state index contributed by atoms with van der Waals surface area (Å²) in [4.78, 5) is 13.1. The zero-order valence-corrected chi connectivity index (χ0v) is 47.6. The molecule has 9 nitrogen and oxygen atoms in total. The van der Waals surface area contributed by atoms with Crippen molar-refractivity contribution >= 4 is 5.91 Å². The normalized spacial score (nSPS) is 19.4. The number of amides is 1. The maximum absolute atomic E-state index is 13.1.